The van der Waals surface area contributed by atoms with Crippen LogP contribution in [0.4, 0.5) is 0 Å². The molecular formula is C16H25NO. The van der Waals surface area contributed by atoms with Gasteiger partial charge in [-0.3, -0.25) is 0 Å². The zero-order valence-electron chi connectivity index (χ0n) is 11.6. The molecule has 0 heterocycles. The van der Waals surface area contributed by atoms with Crippen LogP contribution in [0.1, 0.15) is 44.2 Å². The zero-order valence-corrected chi connectivity index (χ0v) is 11.6. The van der Waals surface area contributed by atoms with Crippen LogP contribution in [-0.4, -0.2) is 20.3 Å². The third-order valence-corrected chi connectivity index (χ3v) is 4.13. The van der Waals surface area contributed by atoms with Crippen molar-refractivity contribution in [1.82, 2.24) is 5.32 Å². The van der Waals surface area contributed by atoms with Crippen LogP contribution in [0.5, 0.6) is 0 Å². The Kier molecular flexibility index (Phi) is 4.79. The summed E-state index contributed by atoms with van der Waals surface area (Å²) in [5.41, 5.74) is 1.93. The molecule has 18 heavy (non-hydrogen) atoms. The molecule has 100 valence electrons. The Morgan fingerprint density at radius 1 is 1.28 bits per heavy atom. The van der Waals surface area contributed by atoms with Crippen molar-refractivity contribution in [2.45, 2.75) is 38.6 Å². The van der Waals surface area contributed by atoms with E-state index in [0.29, 0.717) is 11.5 Å². The second kappa shape index (κ2) is 6.35. The SMILES string of the molecule is CCC(NCC1(CCOC)CC1)c1ccccc1. The maximum atomic E-state index is 5.21. The number of hydrogen-bond acceptors (Lipinski definition) is 2. The van der Waals surface area contributed by atoms with E-state index in [-0.39, 0.29) is 0 Å². The lowest BCUT2D eigenvalue weighted by Crippen LogP contribution is -2.28. The summed E-state index contributed by atoms with van der Waals surface area (Å²) in [5.74, 6) is 0. The lowest BCUT2D eigenvalue weighted by atomic mass is 10.00. The quantitative estimate of drug-likeness (QED) is 0.758. The molecule has 0 spiro atoms. The Morgan fingerprint density at radius 3 is 2.56 bits per heavy atom. The lowest BCUT2D eigenvalue weighted by Gasteiger charge is -2.22. The normalized spacial score (nSPS) is 18.6. The van der Waals surface area contributed by atoms with Gasteiger partial charge in [0.1, 0.15) is 0 Å². The Morgan fingerprint density at radius 2 is 2.00 bits per heavy atom. The van der Waals surface area contributed by atoms with Crippen molar-refractivity contribution < 1.29 is 4.74 Å². The summed E-state index contributed by atoms with van der Waals surface area (Å²) in [6, 6.07) is 11.3. The molecule has 0 amide bonds. The predicted octanol–water partition coefficient (Wildman–Crippen LogP) is 3.54. The summed E-state index contributed by atoms with van der Waals surface area (Å²) in [5, 5.41) is 3.74. The number of benzene rings is 1. The molecule has 1 atom stereocenters. The van der Waals surface area contributed by atoms with E-state index in [2.05, 4.69) is 42.6 Å². The Bertz CT molecular complexity index is 345. The van der Waals surface area contributed by atoms with Gasteiger partial charge in [0.15, 0.2) is 0 Å². The summed E-state index contributed by atoms with van der Waals surface area (Å²) in [4.78, 5) is 0. The Balaban J connectivity index is 1.84. The van der Waals surface area contributed by atoms with Crippen LogP contribution >= 0.6 is 0 Å². The molecule has 1 aromatic rings. The van der Waals surface area contributed by atoms with Gasteiger partial charge in [-0.1, -0.05) is 37.3 Å². The van der Waals surface area contributed by atoms with E-state index in [9.17, 15) is 0 Å². The van der Waals surface area contributed by atoms with E-state index in [0.717, 1.165) is 19.6 Å². The van der Waals surface area contributed by atoms with Crippen LogP contribution in [0, 0.1) is 5.41 Å². The minimum atomic E-state index is 0.492. The first-order valence-corrected chi connectivity index (χ1v) is 7.07. The summed E-state index contributed by atoms with van der Waals surface area (Å²) < 4.78 is 5.21. The number of hydrogen-bond donors (Lipinski definition) is 1. The second-order valence-electron chi connectivity index (χ2n) is 5.50. The van der Waals surface area contributed by atoms with Crippen LogP contribution in [0.15, 0.2) is 30.3 Å². The van der Waals surface area contributed by atoms with E-state index in [1.165, 1.54) is 24.8 Å². The van der Waals surface area contributed by atoms with E-state index in [1.54, 1.807) is 7.11 Å². The van der Waals surface area contributed by atoms with Crippen molar-refractivity contribution in [3.8, 4) is 0 Å². The average Bonchev–Trinajstić information content (AvgIpc) is 3.19. The molecule has 1 aliphatic rings. The summed E-state index contributed by atoms with van der Waals surface area (Å²) in [7, 11) is 1.79. The van der Waals surface area contributed by atoms with Gasteiger partial charge in [0.05, 0.1) is 0 Å². The minimum absolute atomic E-state index is 0.492. The first-order chi connectivity index (χ1) is 8.79. The molecule has 0 radical (unpaired) electrons. The third-order valence-electron chi connectivity index (χ3n) is 4.13. The Hall–Kier alpha value is -0.860. The standard InChI is InChI=1S/C16H25NO/c1-3-15(14-7-5-4-6-8-14)17-13-16(9-10-16)11-12-18-2/h4-8,15,17H,3,9-13H2,1-2H3. The van der Waals surface area contributed by atoms with Gasteiger partial charge in [-0.2, -0.15) is 0 Å². The van der Waals surface area contributed by atoms with Crippen LogP contribution in [0.25, 0.3) is 0 Å². The lowest BCUT2D eigenvalue weighted by molar-refractivity contribution is 0.170. The molecule has 0 aromatic heterocycles. The molecule has 2 rings (SSSR count). The monoisotopic (exact) mass is 247 g/mol. The van der Waals surface area contributed by atoms with Crippen LogP contribution in [0.3, 0.4) is 0 Å². The minimum Gasteiger partial charge on any atom is -0.385 e. The maximum Gasteiger partial charge on any atom is 0.0468 e. The molecule has 1 unspecified atom stereocenters. The van der Waals surface area contributed by atoms with Crippen molar-refractivity contribution in [2.75, 3.05) is 20.3 Å². The molecule has 1 aliphatic carbocycles. The van der Waals surface area contributed by atoms with Crippen molar-refractivity contribution in [2.24, 2.45) is 5.41 Å². The molecule has 0 aliphatic heterocycles. The van der Waals surface area contributed by atoms with Gasteiger partial charge in [0.2, 0.25) is 0 Å². The molecule has 2 nitrogen and oxygen atoms in total. The predicted molar refractivity (Wildman–Crippen MR) is 75.6 cm³/mol. The zero-order chi connectivity index (χ0) is 12.8. The van der Waals surface area contributed by atoms with E-state index >= 15 is 0 Å². The van der Waals surface area contributed by atoms with E-state index in [4.69, 9.17) is 4.74 Å². The van der Waals surface area contributed by atoms with Crippen molar-refractivity contribution >= 4 is 0 Å². The summed E-state index contributed by atoms with van der Waals surface area (Å²) in [6.07, 6.45) is 5.05. The number of nitrogens with one attached hydrogen (secondary N) is 1. The highest BCUT2D eigenvalue weighted by Crippen LogP contribution is 2.48. The van der Waals surface area contributed by atoms with Crippen LogP contribution in [-0.2, 0) is 4.74 Å². The molecule has 1 fully saturated rings. The smallest absolute Gasteiger partial charge is 0.0468 e. The van der Waals surface area contributed by atoms with Crippen LogP contribution in [0.2, 0.25) is 0 Å². The number of rotatable bonds is 8. The third kappa shape index (κ3) is 3.56. The fourth-order valence-electron chi connectivity index (χ4n) is 2.53. The second-order valence-corrected chi connectivity index (χ2v) is 5.50. The highest BCUT2D eigenvalue weighted by Gasteiger charge is 2.41. The van der Waals surface area contributed by atoms with Gasteiger partial charge in [-0.05, 0) is 36.7 Å². The van der Waals surface area contributed by atoms with Crippen molar-refractivity contribution in [3.05, 3.63) is 35.9 Å². The van der Waals surface area contributed by atoms with Gasteiger partial charge >= 0.3 is 0 Å². The Labute approximate surface area is 111 Å². The van der Waals surface area contributed by atoms with Gasteiger partial charge in [-0.25, -0.2) is 0 Å². The van der Waals surface area contributed by atoms with Crippen molar-refractivity contribution in [3.63, 3.8) is 0 Å². The molecule has 1 saturated carbocycles. The first-order valence-electron chi connectivity index (χ1n) is 7.07. The highest BCUT2D eigenvalue weighted by molar-refractivity contribution is 5.18. The summed E-state index contributed by atoms with van der Waals surface area (Å²) >= 11 is 0. The van der Waals surface area contributed by atoms with Gasteiger partial charge in [0, 0.05) is 26.3 Å². The van der Waals surface area contributed by atoms with Gasteiger partial charge in [-0.15, -0.1) is 0 Å². The molecule has 1 N–H and O–H groups in total. The fraction of sp³-hybridized carbons (Fsp3) is 0.625. The van der Waals surface area contributed by atoms with E-state index < -0.39 is 0 Å². The molecule has 0 saturated heterocycles. The number of methoxy groups -OCH3 is 1. The van der Waals surface area contributed by atoms with Crippen molar-refractivity contribution in [1.29, 1.82) is 0 Å². The topological polar surface area (TPSA) is 21.3 Å². The molecule has 0 bridgehead atoms. The molecule has 1 aromatic carbocycles. The van der Waals surface area contributed by atoms with Gasteiger partial charge < -0.3 is 10.1 Å². The average molecular weight is 247 g/mol. The molecule has 2 heteroatoms. The first kappa shape index (κ1) is 13.6. The molecular weight excluding hydrogens is 222 g/mol. The highest BCUT2D eigenvalue weighted by atomic mass is 16.5. The van der Waals surface area contributed by atoms with Crippen LogP contribution < -0.4 is 5.32 Å². The fourth-order valence-corrected chi connectivity index (χ4v) is 2.53. The maximum absolute atomic E-state index is 5.21. The largest absolute Gasteiger partial charge is 0.385 e. The van der Waals surface area contributed by atoms with Gasteiger partial charge in [0.25, 0.3) is 0 Å². The number of ether oxygens (including phenoxy) is 1. The van der Waals surface area contributed by atoms with E-state index in [1.807, 2.05) is 0 Å². The summed E-state index contributed by atoms with van der Waals surface area (Å²) in [6.45, 7) is 4.27.